The lowest BCUT2D eigenvalue weighted by atomic mass is 9.97. The number of halogens is 2. The lowest BCUT2D eigenvalue weighted by molar-refractivity contribution is 0.0889. The van der Waals surface area contributed by atoms with Gasteiger partial charge in [0, 0.05) is 37.3 Å². The molecule has 0 radical (unpaired) electrons. The highest BCUT2D eigenvalue weighted by Gasteiger charge is 2.29. The van der Waals surface area contributed by atoms with Crippen LogP contribution in [0.25, 0.3) is 0 Å². The zero-order valence-electron chi connectivity index (χ0n) is 12.5. The molecular weight excluding hydrogens is 275 g/mol. The average Bonchev–Trinajstić information content (AvgIpc) is 2.43. The molecule has 1 aliphatic heterocycles. The standard InChI is InChI=1S/C16H24ClFN2/c1-4-13-10-20(15(8-19-13)11(2)3)9-12-6-5-7-14(17)16(12)18/h5-7,11,13,15,19H,4,8-10H2,1-3H3. The Morgan fingerprint density at radius 2 is 2.20 bits per heavy atom. The third-order valence-electron chi connectivity index (χ3n) is 4.21. The molecule has 1 fully saturated rings. The maximum Gasteiger partial charge on any atom is 0.146 e. The van der Waals surface area contributed by atoms with Crippen LogP contribution >= 0.6 is 11.6 Å². The van der Waals surface area contributed by atoms with E-state index in [1.54, 1.807) is 6.07 Å². The van der Waals surface area contributed by atoms with E-state index in [2.05, 4.69) is 31.0 Å². The summed E-state index contributed by atoms with van der Waals surface area (Å²) in [6.07, 6.45) is 1.10. The highest BCUT2D eigenvalue weighted by atomic mass is 35.5. The van der Waals surface area contributed by atoms with Gasteiger partial charge in [0.1, 0.15) is 5.82 Å². The number of hydrogen-bond donors (Lipinski definition) is 1. The van der Waals surface area contributed by atoms with Gasteiger partial charge in [0.2, 0.25) is 0 Å². The van der Waals surface area contributed by atoms with Crippen LogP contribution in [0, 0.1) is 11.7 Å². The molecular formula is C16H24ClFN2. The molecule has 0 spiro atoms. The molecule has 0 aliphatic carbocycles. The minimum atomic E-state index is -0.275. The van der Waals surface area contributed by atoms with E-state index >= 15 is 0 Å². The summed E-state index contributed by atoms with van der Waals surface area (Å²) < 4.78 is 14.1. The maximum absolute atomic E-state index is 14.1. The Kier molecular flexibility index (Phi) is 5.42. The Labute approximate surface area is 126 Å². The topological polar surface area (TPSA) is 15.3 Å². The Morgan fingerprint density at radius 3 is 2.85 bits per heavy atom. The SMILES string of the molecule is CCC1CN(Cc2cccc(Cl)c2F)C(C(C)C)CN1. The molecule has 1 saturated heterocycles. The number of hydrogen-bond acceptors (Lipinski definition) is 2. The first-order valence-corrected chi connectivity index (χ1v) is 7.81. The second kappa shape index (κ2) is 6.88. The second-order valence-electron chi connectivity index (χ2n) is 5.97. The van der Waals surface area contributed by atoms with E-state index < -0.39 is 0 Å². The van der Waals surface area contributed by atoms with E-state index in [-0.39, 0.29) is 10.8 Å². The summed E-state index contributed by atoms with van der Waals surface area (Å²) in [6.45, 7) is 9.20. The molecule has 0 saturated carbocycles. The first kappa shape index (κ1) is 15.7. The normalized spacial score (nSPS) is 24.3. The van der Waals surface area contributed by atoms with Gasteiger partial charge in [0.25, 0.3) is 0 Å². The van der Waals surface area contributed by atoms with Crippen LogP contribution in [0.4, 0.5) is 4.39 Å². The van der Waals surface area contributed by atoms with Crippen LogP contribution in [0.3, 0.4) is 0 Å². The molecule has 2 nitrogen and oxygen atoms in total. The molecule has 0 bridgehead atoms. The largest absolute Gasteiger partial charge is 0.311 e. The van der Waals surface area contributed by atoms with Crippen molar-refractivity contribution in [3.05, 3.63) is 34.6 Å². The summed E-state index contributed by atoms with van der Waals surface area (Å²) in [5.41, 5.74) is 0.694. The molecule has 0 amide bonds. The number of nitrogens with one attached hydrogen (secondary N) is 1. The Hall–Kier alpha value is -0.640. The fraction of sp³-hybridized carbons (Fsp3) is 0.625. The van der Waals surface area contributed by atoms with Crippen molar-refractivity contribution < 1.29 is 4.39 Å². The number of benzene rings is 1. The molecule has 2 atom stereocenters. The van der Waals surface area contributed by atoms with Gasteiger partial charge in [-0.25, -0.2) is 4.39 Å². The van der Waals surface area contributed by atoms with Crippen molar-refractivity contribution in [2.24, 2.45) is 5.92 Å². The summed E-state index contributed by atoms with van der Waals surface area (Å²) in [4.78, 5) is 2.39. The van der Waals surface area contributed by atoms with Gasteiger partial charge in [-0.2, -0.15) is 0 Å². The number of piperazine rings is 1. The summed E-state index contributed by atoms with van der Waals surface area (Å²) in [5, 5.41) is 3.79. The van der Waals surface area contributed by atoms with E-state index in [0.717, 1.165) is 19.5 Å². The van der Waals surface area contributed by atoms with E-state index in [4.69, 9.17) is 11.6 Å². The average molecular weight is 299 g/mol. The highest BCUT2D eigenvalue weighted by Crippen LogP contribution is 2.23. The minimum Gasteiger partial charge on any atom is -0.311 e. The monoisotopic (exact) mass is 298 g/mol. The molecule has 0 aromatic heterocycles. The summed E-state index contributed by atoms with van der Waals surface area (Å²) in [6, 6.07) is 6.20. The van der Waals surface area contributed by atoms with Crippen LogP contribution < -0.4 is 5.32 Å². The number of rotatable bonds is 4. The third kappa shape index (κ3) is 3.51. The summed E-state index contributed by atoms with van der Waals surface area (Å²) in [7, 11) is 0. The summed E-state index contributed by atoms with van der Waals surface area (Å²) in [5.74, 6) is 0.269. The van der Waals surface area contributed by atoms with Crippen molar-refractivity contribution in [1.82, 2.24) is 10.2 Å². The molecule has 2 rings (SSSR count). The van der Waals surface area contributed by atoms with Gasteiger partial charge in [-0.3, -0.25) is 4.90 Å². The Morgan fingerprint density at radius 1 is 1.45 bits per heavy atom. The second-order valence-corrected chi connectivity index (χ2v) is 6.37. The van der Waals surface area contributed by atoms with Gasteiger partial charge >= 0.3 is 0 Å². The molecule has 1 N–H and O–H groups in total. The van der Waals surface area contributed by atoms with Crippen molar-refractivity contribution in [3.8, 4) is 0 Å². The van der Waals surface area contributed by atoms with Gasteiger partial charge < -0.3 is 5.32 Å². The van der Waals surface area contributed by atoms with Crippen LogP contribution in [0.1, 0.15) is 32.8 Å². The van der Waals surface area contributed by atoms with Gasteiger partial charge in [0.15, 0.2) is 0 Å². The van der Waals surface area contributed by atoms with Gasteiger partial charge in [-0.05, 0) is 18.4 Å². The van der Waals surface area contributed by atoms with Crippen LogP contribution in [0.15, 0.2) is 18.2 Å². The quantitative estimate of drug-likeness (QED) is 0.912. The van der Waals surface area contributed by atoms with Crippen LogP contribution in [0.2, 0.25) is 5.02 Å². The predicted octanol–water partition coefficient (Wildman–Crippen LogP) is 3.69. The van der Waals surface area contributed by atoms with Crippen molar-refractivity contribution in [3.63, 3.8) is 0 Å². The first-order chi connectivity index (χ1) is 9.52. The molecule has 4 heteroatoms. The first-order valence-electron chi connectivity index (χ1n) is 7.43. The van der Waals surface area contributed by atoms with Crippen molar-refractivity contribution in [2.45, 2.75) is 45.8 Å². The fourth-order valence-corrected chi connectivity index (χ4v) is 3.10. The van der Waals surface area contributed by atoms with Crippen LogP contribution in [0.5, 0.6) is 0 Å². The molecule has 112 valence electrons. The van der Waals surface area contributed by atoms with Crippen LogP contribution in [-0.2, 0) is 6.54 Å². The Bertz CT molecular complexity index is 450. The van der Waals surface area contributed by atoms with Crippen LogP contribution in [-0.4, -0.2) is 30.1 Å². The zero-order chi connectivity index (χ0) is 14.7. The predicted molar refractivity (Wildman–Crippen MR) is 82.5 cm³/mol. The highest BCUT2D eigenvalue weighted by molar-refractivity contribution is 6.30. The van der Waals surface area contributed by atoms with Gasteiger partial charge in [-0.1, -0.05) is 44.5 Å². The molecule has 1 aromatic rings. The molecule has 1 aliphatic rings. The minimum absolute atomic E-state index is 0.214. The maximum atomic E-state index is 14.1. The lowest BCUT2D eigenvalue weighted by Gasteiger charge is -2.42. The lowest BCUT2D eigenvalue weighted by Crippen LogP contribution is -2.57. The van der Waals surface area contributed by atoms with E-state index in [1.807, 2.05) is 12.1 Å². The van der Waals surface area contributed by atoms with Crippen molar-refractivity contribution in [2.75, 3.05) is 13.1 Å². The summed E-state index contributed by atoms with van der Waals surface area (Å²) >= 11 is 5.88. The van der Waals surface area contributed by atoms with Crippen molar-refractivity contribution in [1.29, 1.82) is 0 Å². The molecule has 20 heavy (non-hydrogen) atoms. The third-order valence-corrected chi connectivity index (χ3v) is 4.50. The Balaban J connectivity index is 2.16. The molecule has 2 unspecified atom stereocenters. The zero-order valence-corrected chi connectivity index (χ0v) is 13.3. The van der Waals surface area contributed by atoms with Gasteiger partial charge in [0.05, 0.1) is 5.02 Å². The van der Waals surface area contributed by atoms with E-state index in [0.29, 0.717) is 30.1 Å². The fourth-order valence-electron chi connectivity index (χ4n) is 2.90. The smallest absolute Gasteiger partial charge is 0.146 e. The van der Waals surface area contributed by atoms with E-state index in [9.17, 15) is 4.39 Å². The molecule has 1 heterocycles. The molecule has 1 aromatic carbocycles. The number of nitrogens with zero attached hydrogens (tertiary/aromatic N) is 1. The van der Waals surface area contributed by atoms with Crippen molar-refractivity contribution >= 4 is 11.6 Å². The van der Waals surface area contributed by atoms with Gasteiger partial charge in [-0.15, -0.1) is 0 Å². The van der Waals surface area contributed by atoms with E-state index in [1.165, 1.54) is 0 Å².